The molecule has 0 bridgehead atoms. The largest absolute Gasteiger partial charge is 0.481 e. The highest BCUT2D eigenvalue weighted by atomic mass is 35.5. The van der Waals surface area contributed by atoms with E-state index in [1.165, 1.54) is 21.5 Å². The fraction of sp³-hybridized carbons (Fsp3) is 0.269. The minimum absolute atomic E-state index is 0.0397. The molecule has 8 nitrogen and oxygen atoms in total. The van der Waals surface area contributed by atoms with Crippen LogP contribution in [-0.2, 0) is 19.6 Å². The molecule has 194 valence electrons. The van der Waals surface area contributed by atoms with E-state index in [0.717, 1.165) is 11.1 Å². The number of amides is 1. The molecule has 37 heavy (non-hydrogen) atoms. The third-order valence-electron chi connectivity index (χ3n) is 6.40. The standard InChI is InChI=1S/C26H25Cl2N3O5S/c1-17-21(27)6-3-7-24(17)37(35,36)31-13-12-30(25(32)8-9-26(33)34)16-23(31)19-5-2-4-18(14-19)20-10-11-29-15-22(20)28/h2-7,10-11,14-15,23H,8-9,12-13,16H2,1H3,(H,33,34). The van der Waals surface area contributed by atoms with Gasteiger partial charge in [-0.05, 0) is 47.9 Å². The summed E-state index contributed by atoms with van der Waals surface area (Å²) in [5.74, 6) is -1.40. The van der Waals surface area contributed by atoms with Crippen molar-refractivity contribution in [3.8, 4) is 11.1 Å². The summed E-state index contributed by atoms with van der Waals surface area (Å²) in [7, 11) is -3.99. The Morgan fingerprint density at radius 3 is 2.54 bits per heavy atom. The van der Waals surface area contributed by atoms with Crippen LogP contribution in [0, 0.1) is 6.92 Å². The lowest BCUT2D eigenvalue weighted by Gasteiger charge is -2.41. The monoisotopic (exact) mass is 561 g/mol. The topological polar surface area (TPSA) is 108 Å². The van der Waals surface area contributed by atoms with Gasteiger partial charge in [0.15, 0.2) is 0 Å². The molecule has 4 rings (SSSR count). The number of nitrogens with zero attached hydrogens (tertiary/aromatic N) is 3. The van der Waals surface area contributed by atoms with Crippen molar-refractivity contribution in [1.82, 2.24) is 14.2 Å². The number of sulfonamides is 1. The van der Waals surface area contributed by atoms with Gasteiger partial charge in [0.2, 0.25) is 15.9 Å². The fourth-order valence-electron chi connectivity index (χ4n) is 4.44. The van der Waals surface area contributed by atoms with Crippen molar-refractivity contribution in [3.05, 3.63) is 82.1 Å². The minimum atomic E-state index is -3.99. The Kier molecular flexibility index (Phi) is 8.18. The van der Waals surface area contributed by atoms with E-state index in [0.29, 0.717) is 21.2 Å². The van der Waals surface area contributed by atoms with E-state index in [-0.39, 0.29) is 43.3 Å². The second kappa shape index (κ2) is 11.2. The first-order chi connectivity index (χ1) is 17.6. The van der Waals surface area contributed by atoms with Crippen LogP contribution in [0.1, 0.15) is 30.0 Å². The second-order valence-corrected chi connectivity index (χ2v) is 11.4. The summed E-state index contributed by atoms with van der Waals surface area (Å²) in [6.45, 7) is 1.91. The zero-order valence-electron chi connectivity index (χ0n) is 20.0. The number of pyridine rings is 1. The minimum Gasteiger partial charge on any atom is -0.481 e. The molecule has 1 N–H and O–H groups in total. The van der Waals surface area contributed by atoms with E-state index in [9.17, 15) is 18.0 Å². The first kappa shape index (κ1) is 27.1. The van der Waals surface area contributed by atoms with E-state index in [4.69, 9.17) is 28.3 Å². The van der Waals surface area contributed by atoms with Gasteiger partial charge < -0.3 is 10.0 Å². The van der Waals surface area contributed by atoms with Crippen molar-refractivity contribution in [2.75, 3.05) is 19.6 Å². The van der Waals surface area contributed by atoms with Crippen molar-refractivity contribution >= 4 is 45.1 Å². The quantitative estimate of drug-likeness (QED) is 0.443. The molecule has 2 aromatic carbocycles. The number of aromatic nitrogens is 1. The van der Waals surface area contributed by atoms with Crippen LogP contribution in [0.15, 0.2) is 65.8 Å². The highest BCUT2D eigenvalue weighted by Crippen LogP contribution is 2.36. The molecule has 11 heteroatoms. The summed E-state index contributed by atoms with van der Waals surface area (Å²) < 4.78 is 29.2. The Labute approximate surface area is 225 Å². The van der Waals surface area contributed by atoms with Gasteiger partial charge in [0.1, 0.15) is 0 Å². The average Bonchev–Trinajstić information content (AvgIpc) is 2.88. The van der Waals surface area contributed by atoms with Gasteiger partial charge in [0.25, 0.3) is 0 Å². The van der Waals surface area contributed by atoms with Gasteiger partial charge >= 0.3 is 5.97 Å². The van der Waals surface area contributed by atoms with Crippen LogP contribution in [0.3, 0.4) is 0 Å². The Morgan fingerprint density at radius 1 is 1.05 bits per heavy atom. The van der Waals surface area contributed by atoms with Gasteiger partial charge in [-0.1, -0.05) is 47.5 Å². The van der Waals surface area contributed by atoms with Crippen LogP contribution in [0.5, 0.6) is 0 Å². The maximum absolute atomic E-state index is 13.9. The molecule has 0 radical (unpaired) electrons. The van der Waals surface area contributed by atoms with E-state index in [2.05, 4.69) is 4.98 Å². The van der Waals surface area contributed by atoms with Gasteiger partial charge in [0.05, 0.1) is 22.4 Å². The van der Waals surface area contributed by atoms with Crippen molar-refractivity contribution in [1.29, 1.82) is 0 Å². The van der Waals surface area contributed by atoms with Crippen molar-refractivity contribution in [3.63, 3.8) is 0 Å². The van der Waals surface area contributed by atoms with Gasteiger partial charge in [0, 0.05) is 49.0 Å². The first-order valence-corrected chi connectivity index (χ1v) is 13.8. The van der Waals surface area contributed by atoms with E-state index >= 15 is 0 Å². The molecule has 0 spiro atoms. The van der Waals surface area contributed by atoms with E-state index in [1.807, 2.05) is 24.3 Å². The van der Waals surface area contributed by atoms with E-state index < -0.39 is 22.0 Å². The fourth-order valence-corrected chi connectivity index (χ4v) is 6.74. The summed E-state index contributed by atoms with van der Waals surface area (Å²) in [4.78, 5) is 29.4. The molecule has 1 aromatic heterocycles. The molecule has 2 heterocycles. The Bertz CT molecular complexity index is 1450. The van der Waals surface area contributed by atoms with Crippen LogP contribution in [0.25, 0.3) is 11.1 Å². The number of hydrogen-bond donors (Lipinski definition) is 1. The van der Waals surface area contributed by atoms with Crippen LogP contribution in [0.4, 0.5) is 0 Å². The molecule has 0 saturated carbocycles. The number of carboxylic acid groups (broad SMARTS) is 1. The van der Waals surface area contributed by atoms with Crippen LogP contribution in [-0.4, -0.2) is 59.2 Å². The first-order valence-electron chi connectivity index (χ1n) is 11.6. The molecule has 3 aromatic rings. The predicted molar refractivity (Wildman–Crippen MR) is 141 cm³/mol. The molecule has 1 atom stereocenters. The van der Waals surface area contributed by atoms with Crippen molar-refractivity contribution in [2.45, 2.75) is 30.7 Å². The maximum atomic E-state index is 13.9. The third-order valence-corrected chi connectivity index (χ3v) is 9.16. The highest BCUT2D eigenvalue weighted by Gasteiger charge is 2.39. The zero-order chi connectivity index (χ0) is 26.7. The maximum Gasteiger partial charge on any atom is 0.303 e. The van der Waals surface area contributed by atoms with Crippen molar-refractivity contribution < 1.29 is 23.1 Å². The smallest absolute Gasteiger partial charge is 0.303 e. The number of rotatable bonds is 7. The summed E-state index contributed by atoms with van der Waals surface area (Å²) in [5.41, 5.74) is 2.63. The number of piperazine rings is 1. The normalized spacial score (nSPS) is 16.5. The Balaban J connectivity index is 1.76. The number of aliphatic carboxylic acids is 1. The van der Waals surface area contributed by atoms with Crippen LogP contribution >= 0.6 is 23.2 Å². The highest BCUT2D eigenvalue weighted by molar-refractivity contribution is 7.89. The number of carbonyl (C=O) groups is 2. The molecular formula is C26H25Cl2N3O5S. The molecule has 1 aliphatic rings. The molecule has 1 amide bonds. The van der Waals surface area contributed by atoms with Gasteiger partial charge in [-0.3, -0.25) is 14.6 Å². The van der Waals surface area contributed by atoms with Crippen molar-refractivity contribution in [2.24, 2.45) is 0 Å². The lowest BCUT2D eigenvalue weighted by atomic mass is 9.98. The van der Waals surface area contributed by atoms with E-state index in [1.54, 1.807) is 31.3 Å². The summed E-state index contributed by atoms with van der Waals surface area (Å²) in [6, 6.07) is 13.1. The molecule has 1 unspecified atom stereocenters. The predicted octanol–water partition coefficient (Wildman–Crippen LogP) is 4.80. The Morgan fingerprint density at radius 2 is 1.81 bits per heavy atom. The lowest BCUT2D eigenvalue weighted by Crippen LogP contribution is -2.52. The average molecular weight is 562 g/mol. The molecule has 1 aliphatic heterocycles. The van der Waals surface area contributed by atoms with Crippen LogP contribution < -0.4 is 0 Å². The number of carbonyl (C=O) groups excluding carboxylic acids is 1. The SMILES string of the molecule is Cc1c(Cl)cccc1S(=O)(=O)N1CCN(C(=O)CCC(=O)O)CC1c1cccc(-c2ccncc2Cl)c1. The summed E-state index contributed by atoms with van der Waals surface area (Å²) in [6.07, 6.45) is 2.70. The molecular weight excluding hydrogens is 537 g/mol. The number of hydrogen-bond acceptors (Lipinski definition) is 5. The number of carboxylic acids is 1. The number of halogens is 2. The van der Waals surface area contributed by atoms with Gasteiger partial charge in [-0.2, -0.15) is 4.31 Å². The van der Waals surface area contributed by atoms with Gasteiger partial charge in [-0.15, -0.1) is 0 Å². The number of benzene rings is 2. The molecule has 1 saturated heterocycles. The second-order valence-electron chi connectivity index (χ2n) is 8.71. The zero-order valence-corrected chi connectivity index (χ0v) is 22.3. The lowest BCUT2D eigenvalue weighted by molar-refractivity contribution is -0.141. The van der Waals surface area contributed by atoms with Gasteiger partial charge in [-0.25, -0.2) is 8.42 Å². The summed E-state index contributed by atoms with van der Waals surface area (Å²) in [5, 5.41) is 9.78. The Hall–Kier alpha value is -2.98. The summed E-state index contributed by atoms with van der Waals surface area (Å²) >= 11 is 12.6. The van der Waals surface area contributed by atoms with Crippen LogP contribution in [0.2, 0.25) is 10.0 Å². The molecule has 1 fully saturated rings. The third kappa shape index (κ3) is 5.80. The molecule has 0 aliphatic carbocycles.